The topological polar surface area (TPSA) is 94.9 Å². The first kappa shape index (κ1) is 25.7. The number of benzene rings is 2. The monoisotopic (exact) mass is 514 g/mol. The van der Waals surface area contributed by atoms with Gasteiger partial charge in [0.2, 0.25) is 5.82 Å². The molecular weight excluding hydrogens is 499 g/mol. The van der Waals surface area contributed by atoms with Crippen molar-refractivity contribution in [1.29, 1.82) is 0 Å². The summed E-state index contributed by atoms with van der Waals surface area (Å²) in [4.78, 5) is 24.0. The molecule has 0 fully saturated rings. The van der Waals surface area contributed by atoms with Crippen LogP contribution in [0, 0.1) is 11.6 Å². The molecule has 1 aromatic heterocycles. The van der Waals surface area contributed by atoms with Gasteiger partial charge in [-0.15, -0.1) is 0 Å². The normalized spacial score (nSPS) is 11.7. The van der Waals surface area contributed by atoms with E-state index < -0.39 is 34.8 Å². The summed E-state index contributed by atoms with van der Waals surface area (Å²) in [5, 5.41) is 5.94. The van der Waals surface area contributed by atoms with E-state index in [1.807, 2.05) is 0 Å². The van der Waals surface area contributed by atoms with Crippen LogP contribution >= 0.6 is 11.8 Å². The number of likely N-dealkylation sites (N-methyl/N-ethyl adjacent to an activating group) is 1. The Balaban J connectivity index is 1.89. The van der Waals surface area contributed by atoms with Crippen molar-refractivity contribution in [1.82, 2.24) is 15.3 Å². The molecule has 0 spiro atoms. The van der Waals surface area contributed by atoms with Gasteiger partial charge in [0.1, 0.15) is 30.8 Å². The molecule has 0 unspecified atom stereocenters. The van der Waals surface area contributed by atoms with Crippen molar-refractivity contribution in [3.8, 4) is 23.3 Å². The van der Waals surface area contributed by atoms with E-state index in [1.54, 1.807) is 0 Å². The van der Waals surface area contributed by atoms with Crippen LogP contribution in [0.5, 0.6) is 23.3 Å². The third-order valence-electron chi connectivity index (χ3n) is 4.03. The smallest absolute Gasteiger partial charge is 0.436 e. The van der Waals surface area contributed by atoms with Crippen LogP contribution in [-0.4, -0.2) is 41.3 Å². The SMILES string of the molecule is CNC(=O)C(=NOC)c1ccc(F)cc1Oc1ncnc(Oc2ccc(SC(F)(F)F)cc2)c1F. The summed E-state index contributed by atoms with van der Waals surface area (Å²) in [6.45, 7) is 0. The Morgan fingerprint density at radius 2 is 1.69 bits per heavy atom. The van der Waals surface area contributed by atoms with Gasteiger partial charge in [0.25, 0.3) is 17.7 Å². The number of hydrogen-bond donors (Lipinski definition) is 1. The zero-order chi connectivity index (χ0) is 25.6. The third-order valence-corrected chi connectivity index (χ3v) is 4.77. The highest BCUT2D eigenvalue weighted by molar-refractivity contribution is 8.00. The van der Waals surface area contributed by atoms with E-state index in [-0.39, 0.29) is 39.4 Å². The van der Waals surface area contributed by atoms with Gasteiger partial charge in [0.05, 0.1) is 5.56 Å². The minimum atomic E-state index is -4.46. The molecule has 0 atom stereocenters. The number of nitrogens with one attached hydrogen (secondary N) is 1. The quantitative estimate of drug-likeness (QED) is 0.195. The van der Waals surface area contributed by atoms with E-state index in [4.69, 9.17) is 9.47 Å². The van der Waals surface area contributed by atoms with E-state index in [1.165, 1.54) is 32.4 Å². The standard InChI is InChI=1S/C21H15F5N4O4S/c1-27-18(31)17(30-32-2)14-8-3-11(22)9-15(14)34-20-16(23)19(28-10-29-20)33-12-4-6-13(7-5-12)35-21(24,25)26/h3-10H,1-2H3,(H,27,31). The summed E-state index contributed by atoms with van der Waals surface area (Å²) in [5.41, 5.74) is -4.78. The summed E-state index contributed by atoms with van der Waals surface area (Å²) in [6.07, 6.45) is 0.892. The van der Waals surface area contributed by atoms with Gasteiger partial charge in [0.15, 0.2) is 5.71 Å². The molecule has 1 amide bonds. The second-order valence-corrected chi connectivity index (χ2v) is 7.50. The van der Waals surface area contributed by atoms with E-state index >= 15 is 0 Å². The molecular formula is C21H15F5N4O4S. The van der Waals surface area contributed by atoms with Crippen molar-refractivity contribution >= 4 is 23.4 Å². The lowest BCUT2D eigenvalue weighted by Gasteiger charge is -2.13. The molecule has 3 rings (SSSR count). The number of halogens is 5. The van der Waals surface area contributed by atoms with Crippen LogP contribution in [0.2, 0.25) is 0 Å². The van der Waals surface area contributed by atoms with Crippen LogP contribution in [0.15, 0.2) is 58.8 Å². The number of aromatic nitrogens is 2. The fraction of sp³-hybridized carbons (Fsp3) is 0.143. The lowest BCUT2D eigenvalue weighted by atomic mass is 10.1. The highest BCUT2D eigenvalue weighted by atomic mass is 32.2. The van der Waals surface area contributed by atoms with Crippen LogP contribution in [0.25, 0.3) is 0 Å². The van der Waals surface area contributed by atoms with Crippen molar-refractivity contribution < 1.29 is 41.1 Å². The maximum absolute atomic E-state index is 15.0. The first-order valence-electron chi connectivity index (χ1n) is 9.46. The number of hydrogen-bond acceptors (Lipinski definition) is 8. The maximum atomic E-state index is 15.0. The third kappa shape index (κ3) is 6.79. The number of amides is 1. The fourth-order valence-electron chi connectivity index (χ4n) is 2.60. The molecule has 14 heteroatoms. The van der Waals surface area contributed by atoms with Crippen molar-refractivity contribution in [2.45, 2.75) is 10.4 Å². The van der Waals surface area contributed by atoms with E-state index in [0.29, 0.717) is 0 Å². The van der Waals surface area contributed by atoms with Crippen molar-refractivity contribution in [3.63, 3.8) is 0 Å². The van der Waals surface area contributed by atoms with E-state index in [2.05, 4.69) is 25.3 Å². The second-order valence-electron chi connectivity index (χ2n) is 6.36. The van der Waals surface area contributed by atoms with Crippen molar-refractivity contribution in [2.24, 2.45) is 5.16 Å². The summed E-state index contributed by atoms with van der Waals surface area (Å²) < 4.78 is 77.0. The molecule has 0 aliphatic carbocycles. The van der Waals surface area contributed by atoms with Gasteiger partial charge in [-0.05, 0) is 48.2 Å². The van der Waals surface area contributed by atoms with Crippen LogP contribution in [0.4, 0.5) is 22.0 Å². The fourth-order valence-corrected chi connectivity index (χ4v) is 3.14. The van der Waals surface area contributed by atoms with Crippen LogP contribution in [-0.2, 0) is 9.63 Å². The molecule has 1 N–H and O–H groups in total. The van der Waals surface area contributed by atoms with E-state index in [9.17, 15) is 26.7 Å². The Labute approximate surface area is 199 Å². The molecule has 3 aromatic rings. The zero-order valence-corrected chi connectivity index (χ0v) is 18.7. The number of ether oxygens (including phenoxy) is 2. The molecule has 2 aromatic carbocycles. The number of alkyl halides is 3. The molecule has 8 nitrogen and oxygen atoms in total. The molecule has 184 valence electrons. The van der Waals surface area contributed by atoms with Gasteiger partial charge in [-0.3, -0.25) is 4.79 Å². The number of rotatable bonds is 8. The maximum Gasteiger partial charge on any atom is 0.446 e. The zero-order valence-electron chi connectivity index (χ0n) is 17.9. The predicted octanol–water partition coefficient (Wildman–Crippen LogP) is 5.05. The highest BCUT2D eigenvalue weighted by Crippen LogP contribution is 2.38. The lowest BCUT2D eigenvalue weighted by molar-refractivity contribution is -0.114. The Hall–Kier alpha value is -3.94. The molecule has 35 heavy (non-hydrogen) atoms. The Morgan fingerprint density at radius 3 is 2.29 bits per heavy atom. The largest absolute Gasteiger partial charge is 0.446 e. The molecule has 1 heterocycles. The van der Waals surface area contributed by atoms with Crippen LogP contribution in [0.3, 0.4) is 0 Å². The lowest BCUT2D eigenvalue weighted by Crippen LogP contribution is -2.29. The molecule has 0 aliphatic rings. The van der Waals surface area contributed by atoms with Gasteiger partial charge in [-0.1, -0.05) is 5.16 Å². The number of thioether (sulfide) groups is 1. The Kier molecular flexibility index (Phi) is 8.06. The Morgan fingerprint density at radius 1 is 1.03 bits per heavy atom. The molecule has 0 saturated heterocycles. The van der Waals surface area contributed by atoms with Crippen molar-refractivity contribution in [3.05, 3.63) is 66.0 Å². The number of nitrogens with zero attached hydrogens (tertiary/aromatic N) is 3. The predicted molar refractivity (Wildman–Crippen MR) is 115 cm³/mol. The molecule has 0 saturated carbocycles. The van der Waals surface area contributed by atoms with Gasteiger partial charge < -0.3 is 19.6 Å². The first-order valence-corrected chi connectivity index (χ1v) is 10.3. The van der Waals surface area contributed by atoms with Gasteiger partial charge in [0, 0.05) is 18.0 Å². The highest BCUT2D eigenvalue weighted by Gasteiger charge is 2.29. The van der Waals surface area contributed by atoms with Crippen LogP contribution < -0.4 is 14.8 Å². The molecule has 0 bridgehead atoms. The number of carbonyl (C=O) groups excluding carboxylic acids is 1. The summed E-state index contributed by atoms with van der Waals surface area (Å²) in [5.74, 6) is -4.27. The summed E-state index contributed by atoms with van der Waals surface area (Å²) >= 11 is -0.319. The van der Waals surface area contributed by atoms with E-state index in [0.717, 1.165) is 30.6 Å². The van der Waals surface area contributed by atoms with Gasteiger partial charge in [-0.2, -0.15) is 27.5 Å². The second kappa shape index (κ2) is 11.0. The first-order chi connectivity index (χ1) is 16.6. The molecule has 0 radical (unpaired) electrons. The van der Waals surface area contributed by atoms with Crippen molar-refractivity contribution in [2.75, 3.05) is 14.2 Å². The summed E-state index contributed by atoms with van der Waals surface area (Å²) in [7, 11) is 2.52. The van der Waals surface area contributed by atoms with Gasteiger partial charge in [-0.25, -0.2) is 4.39 Å². The molecule has 0 aliphatic heterocycles. The Bertz CT molecular complexity index is 1240. The average molecular weight is 514 g/mol. The van der Waals surface area contributed by atoms with Crippen LogP contribution in [0.1, 0.15) is 5.56 Å². The summed E-state index contributed by atoms with van der Waals surface area (Å²) in [6, 6.07) is 7.74. The van der Waals surface area contributed by atoms with Gasteiger partial charge >= 0.3 is 5.51 Å². The average Bonchev–Trinajstić information content (AvgIpc) is 2.80. The minimum absolute atomic E-state index is 0.0133. The number of oxime groups is 1. The number of carbonyl (C=O) groups is 1. The minimum Gasteiger partial charge on any atom is -0.436 e.